The smallest absolute Gasteiger partial charge is 0.266 e. The molecule has 8 heteroatoms. The molecule has 0 atom stereocenters. The van der Waals surface area contributed by atoms with Crippen LogP contribution in [-0.4, -0.2) is 64.2 Å². The van der Waals surface area contributed by atoms with Crippen molar-refractivity contribution in [1.82, 2.24) is 19.4 Å². The lowest BCUT2D eigenvalue weighted by Crippen LogP contribution is -2.47. The molecule has 0 aromatic carbocycles. The van der Waals surface area contributed by atoms with Crippen molar-refractivity contribution in [3.63, 3.8) is 0 Å². The van der Waals surface area contributed by atoms with E-state index in [1.807, 2.05) is 4.90 Å². The normalized spacial score (nSPS) is 17.7. The van der Waals surface area contributed by atoms with Crippen LogP contribution in [0.2, 0.25) is 0 Å². The molecule has 1 amide bonds. The first-order valence-corrected chi connectivity index (χ1v) is 10.8. The molecule has 0 unspecified atom stereocenters. The first kappa shape index (κ1) is 19.3. The predicted molar refractivity (Wildman–Crippen MR) is 110 cm³/mol. The van der Waals surface area contributed by atoms with E-state index in [1.165, 1.54) is 11.8 Å². The van der Waals surface area contributed by atoms with Crippen molar-refractivity contribution in [2.45, 2.75) is 37.4 Å². The Kier molecular flexibility index (Phi) is 5.59. The number of rotatable bonds is 5. The summed E-state index contributed by atoms with van der Waals surface area (Å²) in [7, 11) is 2.06. The van der Waals surface area contributed by atoms with Gasteiger partial charge in [0.1, 0.15) is 11.1 Å². The highest BCUT2D eigenvalue weighted by Crippen LogP contribution is 2.30. The topological polar surface area (TPSA) is 71.6 Å². The number of nitrogens with zero attached hydrogens (tertiary/aromatic N) is 4. The number of carbonyl (C=O) groups excluding carboxylic acids is 1. The third-order valence-electron chi connectivity index (χ3n) is 5.53. The molecule has 28 heavy (non-hydrogen) atoms. The quantitative estimate of drug-likeness (QED) is 0.432. The molecular weight excluding hydrogens is 376 g/mol. The molecule has 2 aliphatic rings. The fourth-order valence-electron chi connectivity index (χ4n) is 3.89. The summed E-state index contributed by atoms with van der Waals surface area (Å²) in [6.07, 6.45) is 5.56. The van der Waals surface area contributed by atoms with Gasteiger partial charge < -0.3 is 14.2 Å². The van der Waals surface area contributed by atoms with Crippen LogP contribution in [0.5, 0.6) is 0 Å². The number of aryl methyl sites for hydroxylation is 2. The van der Waals surface area contributed by atoms with Gasteiger partial charge in [-0.25, -0.2) is 0 Å². The second-order valence-corrected chi connectivity index (χ2v) is 8.41. The zero-order valence-electron chi connectivity index (χ0n) is 16.3. The largest absolute Gasteiger partial charge is 0.442 e. The molecule has 0 spiro atoms. The van der Waals surface area contributed by atoms with Gasteiger partial charge in [0.05, 0.1) is 5.75 Å². The molecule has 1 aliphatic heterocycles. The molecule has 1 saturated heterocycles. The monoisotopic (exact) mass is 402 g/mol. The van der Waals surface area contributed by atoms with Crippen LogP contribution >= 0.6 is 11.8 Å². The maximum Gasteiger partial charge on any atom is 0.266 e. The molecule has 0 radical (unpaired) electrons. The van der Waals surface area contributed by atoms with Crippen LogP contribution in [0, 0.1) is 0 Å². The number of hydrogen-bond donors (Lipinski definition) is 0. The lowest BCUT2D eigenvalue weighted by atomic mass is 9.97. The van der Waals surface area contributed by atoms with E-state index in [4.69, 9.17) is 4.42 Å². The molecular formula is C20H26N4O3S. The van der Waals surface area contributed by atoms with E-state index in [9.17, 15) is 9.59 Å². The minimum absolute atomic E-state index is 0.0799. The van der Waals surface area contributed by atoms with Gasteiger partial charge in [-0.15, -0.1) is 6.58 Å². The van der Waals surface area contributed by atoms with Gasteiger partial charge in [0.2, 0.25) is 11.6 Å². The second-order valence-electron chi connectivity index (χ2n) is 7.46. The molecule has 3 heterocycles. The van der Waals surface area contributed by atoms with E-state index in [1.54, 1.807) is 10.6 Å². The van der Waals surface area contributed by atoms with Crippen LogP contribution in [0.25, 0.3) is 11.1 Å². The first-order chi connectivity index (χ1) is 13.6. The average molecular weight is 403 g/mol. The fourth-order valence-corrected chi connectivity index (χ4v) is 4.79. The average Bonchev–Trinajstić information content (AvgIpc) is 3.07. The molecule has 1 fully saturated rings. The Hall–Kier alpha value is -2.06. The van der Waals surface area contributed by atoms with Gasteiger partial charge in [0.25, 0.3) is 5.56 Å². The van der Waals surface area contributed by atoms with Crippen molar-refractivity contribution in [1.29, 1.82) is 0 Å². The van der Waals surface area contributed by atoms with Gasteiger partial charge in [-0.2, -0.15) is 4.98 Å². The Morgan fingerprint density at radius 2 is 2.00 bits per heavy atom. The van der Waals surface area contributed by atoms with Crippen LogP contribution in [-0.2, 0) is 24.2 Å². The molecule has 4 rings (SSSR count). The summed E-state index contributed by atoms with van der Waals surface area (Å²) in [4.78, 5) is 34.5. The number of thioether (sulfide) groups is 1. The van der Waals surface area contributed by atoms with Crippen LogP contribution in [0.4, 0.5) is 0 Å². The van der Waals surface area contributed by atoms with Gasteiger partial charge in [-0.3, -0.25) is 14.2 Å². The Balaban J connectivity index is 1.61. The highest BCUT2D eigenvalue weighted by atomic mass is 32.2. The van der Waals surface area contributed by atoms with E-state index >= 15 is 0 Å². The zero-order chi connectivity index (χ0) is 19.7. The van der Waals surface area contributed by atoms with Crippen LogP contribution in [0.3, 0.4) is 0 Å². The highest BCUT2D eigenvalue weighted by molar-refractivity contribution is 7.99. The maximum absolute atomic E-state index is 13.2. The molecule has 0 saturated carbocycles. The number of fused-ring (bicyclic) bond motifs is 3. The van der Waals surface area contributed by atoms with Crippen molar-refractivity contribution < 1.29 is 9.21 Å². The summed E-state index contributed by atoms with van der Waals surface area (Å²) in [5.41, 5.74) is 1.33. The van der Waals surface area contributed by atoms with Gasteiger partial charge >= 0.3 is 0 Å². The van der Waals surface area contributed by atoms with Crippen LogP contribution in [0.15, 0.2) is 27.0 Å². The number of allylic oxidation sites excluding steroid dienone is 1. The molecule has 7 nitrogen and oxygen atoms in total. The van der Waals surface area contributed by atoms with Crippen LogP contribution in [0.1, 0.15) is 24.2 Å². The summed E-state index contributed by atoms with van der Waals surface area (Å²) in [5, 5.41) is 1.12. The minimum atomic E-state index is -0.0913. The number of piperazine rings is 1. The lowest BCUT2D eigenvalue weighted by Gasteiger charge is -2.32. The third kappa shape index (κ3) is 3.63. The summed E-state index contributed by atoms with van der Waals surface area (Å²) in [6.45, 7) is 7.40. The van der Waals surface area contributed by atoms with E-state index in [0.29, 0.717) is 22.8 Å². The number of aromatic nitrogens is 2. The maximum atomic E-state index is 13.2. The Morgan fingerprint density at radius 1 is 1.25 bits per heavy atom. The summed E-state index contributed by atoms with van der Waals surface area (Å²) in [6, 6.07) is 0. The Morgan fingerprint density at radius 3 is 2.75 bits per heavy atom. The number of hydrogen-bond acceptors (Lipinski definition) is 6. The van der Waals surface area contributed by atoms with Crippen LogP contribution < -0.4 is 5.56 Å². The second kappa shape index (κ2) is 8.13. The number of carbonyl (C=O) groups is 1. The fraction of sp³-hybridized carbons (Fsp3) is 0.550. The first-order valence-electron chi connectivity index (χ1n) is 9.83. The predicted octanol–water partition coefficient (Wildman–Crippen LogP) is 1.92. The SMILES string of the molecule is C=CCn1c(SCC(=O)N2CCN(C)CC2)nc2oc3c(c2c1=O)CCCC3. The summed E-state index contributed by atoms with van der Waals surface area (Å²) >= 11 is 1.30. The Bertz CT molecular complexity index is 956. The zero-order valence-corrected chi connectivity index (χ0v) is 17.1. The molecule has 2 aromatic heterocycles. The van der Waals surface area contributed by atoms with Gasteiger partial charge in [0, 0.05) is 44.7 Å². The molecule has 0 N–H and O–H groups in total. The summed E-state index contributed by atoms with van der Waals surface area (Å²) < 4.78 is 7.53. The highest BCUT2D eigenvalue weighted by Gasteiger charge is 2.25. The third-order valence-corrected chi connectivity index (χ3v) is 6.49. The van der Waals surface area contributed by atoms with Gasteiger partial charge in [-0.1, -0.05) is 17.8 Å². The van der Waals surface area contributed by atoms with Crippen molar-refractivity contribution >= 4 is 28.8 Å². The molecule has 0 bridgehead atoms. The van der Waals surface area contributed by atoms with Gasteiger partial charge in [0.15, 0.2) is 5.16 Å². The van der Waals surface area contributed by atoms with E-state index in [0.717, 1.165) is 63.2 Å². The minimum Gasteiger partial charge on any atom is -0.442 e. The van der Waals surface area contributed by atoms with Gasteiger partial charge in [-0.05, 0) is 26.3 Å². The lowest BCUT2D eigenvalue weighted by molar-refractivity contribution is -0.129. The van der Waals surface area contributed by atoms with E-state index < -0.39 is 0 Å². The van der Waals surface area contributed by atoms with Crippen molar-refractivity contribution in [3.8, 4) is 0 Å². The van der Waals surface area contributed by atoms with Crippen molar-refractivity contribution in [3.05, 3.63) is 34.3 Å². The molecule has 150 valence electrons. The Labute approximate surface area is 168 Å². The van der Waals surface area contributed by atoms with Crippen molar-refractivity contribution in [2.75, 3.05) is 39.0 Å². The van der Waals surface area contributed by atoms with E-state index in [2.05, 4.69) is 23.5 Å². The number of furan rings is 1. The summed E-state index contributed by atoms with van der Waals surface area (Å²) in [5.74, 6) is 1.24. The number of amides is 1. The molecule has 1 aliphatic carbocycles. The van der Waals surface area contributed by atoms with Crippen molar-refractivity contribution in [2.24, 2.45) is 0 Å². The number of likely N-dealkylation sites (N-methyl/N-ethyl adjacent to an activating group) is 1. The van der Waals surface area contributed by atoms with E-state index in [-0.39, 0.29) is 17.2 Å². The molecule has 2 aromatic rings. The standard InChI is InChI=1S/C20H26N4O3S/c1-3-8-24-19(26)17-14-6-4-5-7-15(14)27-18(17)21-20(24)28-13-16(25)23-11-9-22(2)10-12-23/h3H,1,4-13H2,2H3.